The third kappa shape index (κ3) is 3.41. The number of fused-ring (bicyclic) bond motifs is 1. The Morgan fingerprint density at radius 1 is 1.38 bits per heavy atom. The standard InChI is InChI=1S/C14H17IN2O7/c1-14(2)23-10-7(6-21-9(19)5-15)22-12(11(10)24-14)17-4-3-8(18)16-13(17)20/h3-4,7,10-12H,5-6H2,1-2H3,(H,16,18,20)/t7-,10+,11+,12-/m0/s1. The van der Waals surface area contributed by atoms with E-state index in [0.717, 1.165) is 0 Å². The van der Waals surface area contributed by atoms with E-state index in [1.54, 1.807) is 13.8 Å². The first kappa shape index (κ1) is 17.6. The summed E-state index contributed by atoms with van der Waals surface area (Å²) in [6.07, 6.45) is -1.08. The van der Waals surface area contributed by atoms with Gasteiger partial charge in [0.1, 0.15) is 24.9 Å². The molecule has 0 amide bonds. The van der Waals surface area contributed by atoms with Gasteiger partial charge < -0.3 is 18.9 Å². The minimum absolute atomic E-state index is 0.00293. The van der Waals surface area contributed by atoms with Crippen molar-refractivity contribution in [1.82, 2.24) is 9.55 Å². The highest BCUT2D eigenvalue weighted by Gasteiger charge is 2.56. The molecule has 1 aromatic heterocycles. The second-order valence-electron chi connectivity index (χ2n) is 5.96. The van der Waals surface area contributed by atoms with Crippen LogP contribution < -0.4 is 11.2 Å². The second kappa shape index (κ2) is 6.58. The summed E-state index contributed by atoms with van der Waals surface area (Å²) >= 11 is 1.91. The van der Waals surface area contributed by atoms with Crippen LogP contribution in [0.3, 0.4) is 0 Å². The lowest BCUT2D eigenvalue weighted by Gasteiger charge is -2.24. The highest BCUT2D eigenvalue weighted by molar-refractivity contribution is 14.1. The lowest BCUT2D eigenvalue weighted by molar-refractivity contribution is -0.202. The number of H-pyrrole nitrogens is 1. The fourth-order valence-electron chi connectivity index (χ4n) is 2.86. The molecule has 0 spiro atoms. The Labute approximate surface area is 150 Å². The molecule has 0 bridgehead atoms. The third-order valence-corrected chi connectivity index (χ3v) is 4.39. The van der Waals surface area contributed by atoms with Gasteiger partial charge in [0.2, 0.25) is 0 Å². The molecule has 132 valence electrons. The van der Waals surface area contributed by atoms with Crippen LogP contribution in [0.4, 0.5) is 0 Å². The van der Waals surface area contributed by atoms with Crippen LogP contribution in [0.15, 0.2) is 21.9 Å². The van der Waals surface area contributed by atoms with Gasteiger partial charge in [-0.25, -0.2) is 4.79 Å². The second-order valence-corrected chi connectivity index (χ2v) is 6.73. The molecule has 4 atom stereocenters. The predicted octanol–water partition coefficient (Wildman–Crippen LogP) is -0.0677. The molecule has 1 aromatic rings. The van der Waals surface area contributed by atoms with Crippen LogP contribution in [0.1, 0.15) is 20.1 Å². The van der Waals surface area contributed by atoms with Crippen molar-refractivity contribution in [3.63, 3.8) is 0 Å². The molecule has 0 radical (unpaired) electrons. The summed E-state index contributed by atoms with van der Waals surface area (Å²) < 4.78 is 24.1. The Kier molecular flexibility index (Phi) is 4.82. The van der Waals surface area contributed by atoms with Gasteiger partial charge in [-0.3, -0.25) is 19.1 Å². The minimum Gasteiger partial charge on any atom is -0.462 e. The molecule has 0 saturated carbocycles. The number of hydrogen-bond donors (Lipinski definition) is 1. The number of carbonyl (C=O) groups excluding carboxylic acids is 1. The van der Waals surface area contributed by atoms with Crippen molar-refractivity contribution in [1.29, 1.82) is 0 Å². The van der Waals surface area contributed by atoms with Gasteiger partial charge in [0, 0.05) is 12.3 Å². The molecule has 3 rings (SSSR count). The van der Waals surface area contributed by atoms with Crippen LogP contribution in [-0.2, 0) is 23.7 Å². The highest BCUT2D eigenvalue weighted by Crippen LogP contribution is 2.42. The largest absolute Gasteiger partial charge is 0.462 e. The maximum atomic E-state index is 12.0. The Bertz CT molecular complexity index is 743. The number of rotatable bonds is 4. The SMILES string of the molecule is CC1(C)O[C@@H]2[C@H](O1)[C@H](COC(=O)CI)O[C@@H]2n1ccc(=O)[nH]c1=O. The topological polar surface area (TPSA) is 109 Å². The monoisotopic (exact) mass is 452 g/mol. The van der Waals surface area contributed by atoms with Crippen LogP contribution in [0, 0.1) is 0 Å². The first-order valence-electron chi connectivity index (χ1n) is 7.35. The Morgan fingerprint density at radius 2 is 2.08 bits per heavy atom. The van der Waals surface area contributed by atoms with Gasteiger partial charge in [0.15, 0.2) is 12.0 Å². The molecule has 2 aliphatic heterocycles. The predicted molar refractivity (Wildman–Crippen MR) is 88.9 cm³/mol. The zero-order chi connectivity index (χ0) is 17.5. The number of esters is 1. The maximum absolute atomic E-state index is 12.0. The van der Waals surface area contributed by atoms with Gasteiger partial charge in [-0.2, -0.15) is 0 Å². The molecule has 3 heterocycles. The number of nitrogens with one attached hydrogen (secondary N) is 1. The molecule has 10 heteroatoms. The van der Waals surface area contributed by atoms with Crippen molar-refractivity contribution >= 4 is 28.6 Å². The summed E-state index contributed by atoms with van der Waals surface area (Å²) in [5.74, 6) is -1.21. The van der Waals surface area contributed by atoms with Crippen LogP contribution in [0.2, 0.25) is 0 Å². The van der Waals surface area contributed by atoms with Gasteiger partial charge in [-0.15, -0.1) is 0 Å². The van der Waals surface area contributed by atoms with Crippen molar-refractivity contribution in [3.05, 3.63) is 33.1 Å². The minimum atomic E-state index is -0.852. The lowest BCUT2D eigenvalue weighted by Crippen LogP contribution is -2.37. The van der Waals surface area contributed by atoms with E-state index in [0.29, 0.717) is 0 Å². The van der Waals surface area contributed by atoms with E-state index < -0.39 is 41.6 Å². The fourth-order valence-corrected chi connectivity index (χ4v) is 3.08. The molecule has 0 aliphatic carbocycles. The molecule has 24 heavy (non-hydrogen) atoms. The fraction of sp³-hybridized carbons (Fsp3) is 0.643. The van der Waals surface area contributed by atoms with Gasteiger partial charge in [0.05, 0.1) is 4.43 Å². The number of alkyl halides is 1. The van der Waals surface area contributed by atoms with E-state index in [9.17, 15) is 14.4 Å². The molecule has 1 N–H and O–H groups in total. The highest BCUT2D eigenvalue weighted by atomic mass is 127. The number of hydrogen-bond acceptors (Lipinski definition) is 7. The maximum Gasteiger partial charge on any atom is 0.330 e. The Hall–Kier alpha value is -1.24. The summed E-state index contributed by atoms with van der Waals surface area (Å²) in [6.45, 7) is 3.51. The van der Waals surface area contributed by atoms with E-state index in [-0.39, 0.29) is 17.0 Å². The number of halogens is 1. The van der Waals surface area contributed by atoms with Crippen molar-refractivity contribution < 1.29 is 23.7 Å². The average molecular weight is 452 g/mol. The van der Waals surface area contributed by atoms with Crippen LogP contribution in [0.5, 0.6) is 0 Å². The summed E-state index contributed by atoms with van der Waals surface area (Å²) in [7, 11) is 0. The van der Waals surface area contributed by atoms with Gasteiger partial charge >= 0.3 is 11.7 Å². The van der Waals surface area contributed by atoms with Gasteiger partial charge in [-0.1, -0.05) is 22.6 Å². The van der Waals surface area contributed by atoms with E-state index in [1.165, 1.54) is 16.8 Å². The Morgan fingerprint density at radius 3 is 2.75 bits per heavy atom. The van der Waals surface area contributed by atoms with Crippen LogP contribution >= 0.6 is 22.6 Å². The van der Waals surface area contributed by atoms with Crippen LogP contribution in [0.25, 0.3) is 0 Å². The summed E-state index contributed by atoms with van der Waals surface area (Å²) in [5, 5.41) is 0. The van der Waals surface area contributed by atoms with Crippen LogP contribution in [-0.4, -0.2) is 50.7 Å². The summed E-state index contributed by atoms with van der Waals surface area (Å²) in [5.41, 5.74) is -1.10. The van der Waals surface area contributed by atoms with Gasteiger partial charge in [0.25, 0.3) is 5.56 Å². The van der Waals surface area contributed by atoms with E-state index in [4.69, 9.17) is 18.9 Å². The summed E-state index contributed by atoms with van der Waals surface area (Å²) in [6, 6.07) is 1.23. The zero-order valence-electron chi connectivity index (χ0n) is 13.1. The molecule has 0 aromatic carbocycles. The number of aromatic nitrogens is 2. The normalized spacial score (nSPS) is 31.0. The molecular formula is C14H17IN2O7. The zero-order valence-corrected chi connectivity index (χ0v) is 15.2. The van der Waals surface area contributed by atoms with E-state index in [2.05, 4.69) is 4.98 Å². The van der Waals surface area contributed by atoms with Crippen molar-refractivity contribution in [2.45, 2.75) is 44.2 Å². The molecule has 0 unspecified atom stereocenters. The smallest absolute Gasteiger partial charge is 0.330 e. The lowest BCUT2D eigenvalue weighted by atomic mass is 10.1. The van der Waals surface area contributed by atoms with Crippen molar-refractivity contribution in [3.8, 4) is 0 Å². The quantitative estimate of drug-likeness (QED) is 0.387. The summed E-state index contributed by atoms with van der Waals surface area (Å²) in [4.78, 5) is 36.8. The first-order chi connectivity index (χ1) is 11.3. The molecule has 2 aliphatic rings. The van der Waals surface area contributed by atoms with E-state index >= 15 is 0 Å². The first-order valence-corrected chi connectivity index (χ1v) is 8.87. The average Bonchev–Trinajstić information content (AvgIpc) is 2.98. The number of nitrogens with zero attached hydrogens (tertiary/aromatic N) is 1. The number of aromatic amines is 1. The van der Waals surface area contributed by atoms with Crippen molar-refractivity contribution in [2.75, 3.05) is 11.0 Å². The molecular weight excluding hydrogens is 435 g/mol. The van der Waals surface area contributed by atoms with Crippen molar-refractivity contribution in [2.24, 2.45) is 0 Å². The molecule has 2 fully saturated rings. The third-order valence-electron chi connectivity index (χ3n) is 3.77. The molecule has 2 saturated heterocycles. The number of ether oxygens (including phenoxy) is 4. The number of carbonyl (C=O) groups is 1. The van der Waals surface area contributed by atoms with Gasteiger partial charge in [-0.05, 0) is 13.8 Å². The van der Waals surface area contributed by atoms with E-state index in [1.807, 2.05) is 22.6 Å². The molecule has 9 nitrogen and oxygen atoms in total. The Balaban J connectivity index is 1.86.